The predicted molar refractivity (Wildman–Crippen MR) is 54.8 cm³/mol. The second kappa shape index (κ2) is 6.02. The summed E-state index contributed by atoms with van der Waals surface area (Å²) in [4.78, 5) is 10.7. The first kappa shape index (κ1) is 10.6. The van der Waals surface area contributed by atoms with Crippen LogP contribution in [-0.4, -0.2) is 17.6 Å². The maximum Gasteiger partial charge on any atom is 0.330 e. The van der Waals surface area contributed by atoms with E-state index in [-0.39, 0.29) is 5.97 Å². The minimum atomic E-state index is -0.286. The van der Waals surface area contributed by atoms with Crippen LogP contribution < -0.4 is 0 Å². The van der Waals surface area contributed by atoms with Crippen molar-refractivity contribution >= 4 is 5.97 Å². The zero-order valence-electron chi connectivity index (χ0n) is 8.35. The average Bonchev–Trinajstić information content (AvgIpc) is 2.69. The summed E-state index contributed by atoms with van der Waals surface area (Å²) in [5.41, 5.74) is 0. The maximum atomic E-state index is 10.7. The van der Waals surface area contributed by atoms with Crippen molar-refractivity contribution < 1.29 is 9.53 Å². The molecule has 0 fully saturated rings. The fourth-order valence-electron chi connectivity index (χ4n) is 1.16. The number of carbonyl (C=O) groups is 1. The Bertz CT molecular complexity index is 288. The quantitative estimate of drug-likeness (QED) is 0.407. The number of hydrogen-bond acceptors (Lipinski definition) is 2. The van der Waals surface area contributed by atoms with Crippen molar-refractivity contribution in [3.63, 3.8) is 0 Å². The summed E-state index contributed by atoms with van der Waals surface area (Å²) < 4.78 is 6.59. The molecule has 0 aliphatic carbocycles. The van der Waals surface area contributed by atoms with E-state index in [1.54, 1.807) is 0 Å². The van der Waals surface area contributed by atoms with Gasteiger partial charge in [-0.1, -0.05) is 6.08 Å². The molecule has 14 heavy (non-hydrogen) atoms. The van der Waals surface area contributed by atoms with E-state index in [1.165, 1.54) is 13.2 Å². The predicted octanol–water partition coefficient (Wildman–Crippen LogP) is 2.00. The number of ether oxygens (including phenoxy) is 1. The summed E-state index contributed by atoms with van der Waals surface area (Å²) in [6.45, 7) is 0.985. The second-order valence-electron chi connectivity index (χ2n) is 2.99. The minimum absolute atomic E-state index is 0.286. The first-order valence-electron chi connectivity index (χ1n) is 4.68. The number of nitrogens with zero attached hydrogens (tertiary/aromatic N) is 1. The van der Waals surface area contributed by atoms with Gasteiger partial charge in [0.1, 0.15) is 0 Å². The van der Waals surface area contributed by atoms with E-state index < -0.39 is 0 Å². The number of unbranched alkanes of at least 4 members (excludes halogenated alkanes) is 1. The molecule has 0 saturated heterocycles. The third-order valence-corrected chi connectivity index (χ3v) is 1.91. The zero-order chi connectivity index (χ0) is 10.2. The van der Waals surface area contributed by atoms with E-state index in [1.807, 2.05) is 30.6 Å². The van der Waals surface area contributed by atoms with Crippen LogP contribution in [0, 0.1) is 0 Å². The van der Waals surface area contributed by atoms with Gasteiger partial charge in [0.25, 0.3) is 0 Å². The first-order valence-corrected chi connectivity index (χ1v) is 4.68. The SMILES string of the molecule is COC(=O)/C=C/CCCn1cccc1. The van der Waals surface area contributed by atoms with E-state index in [0.29, 0.717) is 0 Å². The summed E-state index contributed by atoms with van der Waals surface area (Å²) in [5, 5.41) is 0. The summed E-state index contributed by atoms with van der Waals surface area (Å²) in [5.74, 6) is -0.286. The third-order valence-electron chi connectivity index (χ3n) is 1.91. The van der Waals surface area contributed by atoms with Crippen LogP contribution >= 0.6 is 0 Å². The van der Waals surface area contributed by atoms with Crippen molar-refractivity contribution in [2.24, 2.45) is 0 Å². The molecule has 76 valence electrons. The van der Waals surface area contributed by atoms with Crippen molar-refractivity contribution in [3.05, 3.63) is 36.7 Å². The Labute approximate surface area is 84.0 Å². The van der Waals surface area contributed by atoms with Crippen molar-refractivity contribution in [2.75, 3.05) is 7.11 Å². The van der Waals surface area contributed by atoms with Gasteiger partial charge in [-0.2, -0.15) is 0 Å². The van der Waals surface area contributed by atoms with Gasteiger partial charge in [0.2, 0.25) is 0 Å². The van der Waals surface area contributed by atoms with E-state index in [9.17, 15) is 4.79 Å². The van der Waals surface area contributed by atoms with E-state index in [0.717, 1.165) is 19.4 Å². The Morgan fingerprint density at radius 2 is 2.14 bits per heavy atom. The molecule has 0 radical (unpaired) electrons. The van der Waals surface area contributed by atoms with E-state index >= 15 is 0 Å². The normalized spacial score (nSPS) is 10.6. The fourth-order valence-corrected chi connectivity index (χ4v) is 1.16. The van der Waals surface area contributed by atoms with E-state index in [4.69, 9.17) is 0 Å². The van der Waals surface area contributed by atoms with Gasteiger partial charge < -0.3 is 9.30 Å². The Morgan fingerprint density at radius 1 is 1.43 bits per heavy atom. The molecule has 0 amide bonds. The molecule has 3 heteroatoms. The van der Waals surface area contributed by atoms with Gasteiger partial charge in [0, 0.05) is 25.0 Å². The van der Waals surface area contributed by atoms with Crippen LogP contribution in [0.3, 0.4) is 0 Å². The topological polar surface area (TPSA) is 31.2 Å². The molecule has 0 atom stereocenters. The first-order chi connectivity index (χ1) is 6.83. The lowest BCUT2D eigenvalue weighted by Gasteiger charge is -1.99. The minimum Gasteiger partial charge on any atom is -0.466 e. The maximum absolute atomic E-state index is 10.7. The molecule has 1 aromatic rings. The molecule has 1 aromatic heterocycles. The second-order valence-corrected chi connectivity index (χ2v) is 2.99. The molecule has 0 aliphatic heterocycles. The van der Waals surface area contributed by atoms with Gasteiger partial charge >= 0.3 is 5.97 Å². The number of rotatable bonds is 5. The van der Waals surface area contributed by atoms with Crippen LogP contribution in [-0.2, 0) is 16.1 Å². The van der Waals surface area contributed by atoms with Crippen LogP contribution in [0.4, 0.5) is 0 Å². The smallest absolute Gasteiger partial charge is 0.330 e. The molecule has 0 aliphatic rings. The lowest BCUT2D eigenvalue weighted by molar-refractivity contribution is -0.134. The van der Waals surface area contributed by atoms with Crippen LogP contribution in [0.2, 0.25) is 0 Å². The molecule has 0 N–H and O–H groups in total. The molecule has 0 saturated carbocycles. The molecule has 0 spiro atoms. The van der Waals surface area contributed by atoms with Gasteiger partial charge in [0.05, 0.1) is 7.11 Å². The average molecular weight is 193 g/mol. The van der Waals surface area contributed by atoms with Gasteiger partial charge in [0.15, 0.2) is 0 Å². The van der Waals surface area contributed by atoms with Crippen molar-refractivity contribution in [1.29, 1.82) is 0 Å². The third kappa shape index (κ3) is 3.94. The van der Waals surface area contributed by atoms with Crippen molar-refractivity contribution in [3.8, 4) is 0 Å². The summed E-state index contributed by atoms with van der Waals surface area (Å²) in [6.07, 6.45) is 9.30. The fraction of sp³-hybridized carbons (Fsp3) is 0.364. The van der Waals surface area contributed by atoms with Gasteiger partial charge in [-0.25, -0.2) is 4.79 Å². The van der Waals surface area contributed by atoms with Gasteiger partial charge in [-0.15, -0.1) is 0 Å². The molecule has 1 heterocycles. The monoisotopic (exact) mass is 193 g/mol. The highest BCUT2D eigenvalue weighted by atomic mass is 16.5. The van der Waals surface area contributed by atoms with Crippen molar-refractivity contribution in [2.45, 2.75) is 19.4 Å². The van der Waals surface area contributed by atoms with Crippen LogP contribution in [0.25, 0.3) is 0 Å². The van der Waals surface area contributed by atoms with Gasteiger partial charge in [-0.05, 0) is 25.0 Å². The molecule has 1 rings (SSSR count). The molecular weight excluding hydrogens is 178 g/mol. The number of hydrogen-bond donors (Lipinski definition) is 0. The lowest BCUT2D eigenvalue weighted by atomic mass is 10.3. The number of carbonyl (C=O) groups excluding carboxylic acids is 1. The van der Waals surface area contributed by atoms with Gasteiger partial charge in [-0.3, -0.25) is 0 Å². The van der Waals surface area contributed by atoms with E-state index in [2.05, 4.69) is 9.30 Å². The Morgan fingerprint density at radius 3 is 2.79 bits per heavy atom. The number of allylic oxidation sites excluding steroid dienone is 1. The molecular formula is C11H15NO2. The Kier molecular flexibility index (Phi) is 4.55. The Hall–Kier alpha value is -1.51. The highest BCUT2D eigenvalue weighted by Crippen LogP contribution is 1.97. The molecule has 3 nitrogen and oxygen atoms in total. The van der Waals surface area contributed by atoms with Crippen LogP contribution in [0.15, 0.2) is 36.7 Å². The number of esters is 1. The number of aromatic nitrogens is 1. The summed E-state index contributed by atoms with van der Waals surface area (Å²) >= 11 is 0. The molecule has 0 aromatic carbocycles. The largest absolute Gasteiger partial charge is 0.466 e. The number of methoxy groups -OCH3 is 1. The van der Waals surface area contributed by atoms with Crippen LogP contribution in [0.5, 0.6) is 0 Å². The lowest BCUT2D eigenvalue weighted by Crippen LogP contribution is -1.95. The standard InChI is InChI=1S/C11H15NO2/c1-14-11(13)7-3-2-4-8-12-9-5-6-10-12/h3,5-7,9-10H,2,4,8H2,1H3/b7-3+. The summed E-state index contributed by atoms with van der Waals surface area (Å²) in [7, 11) is 1.38. The highest BCUT2D eigenvalue weighted by Gasteiger charge is 1.90. The zero-order valence-corrected chi connectivity index (χ0v) is 8.35. The Balaban J connectivity index is 2.10. The van der Waals surface area contributed by atoms with Crippen LogP contribution in [0.1, 0.15) is 12.8 Å². The molecule has 0 bridgehead atoms. The van der Waals surface area contributed by atoms with Crippen molar-refractivity contribution in [1.82, 2.24) is 4.57 Å². The molecule has 0 unspecified atom stereocenters. The highest BCUT2D eigenvalue weighted by molar-refractivity contribution is 5.81. The summed E-state index contributed by atoms with van der Waals surface area (Å²) in [6, 6.07) is 4.01. The number of aryl methyl sites for hydroxylation is 1.